The number of hydrogen-bond donors (Lipinski definition) is 0. The number of benzene rings is 1. The van der Waals surface area contributed by atoms with E-state index in [0.29, 0.717) is 31.8 Å². The van der Waals surface area contributed by atoms with Crippen LogP contribution in [0.5, 0.6) is 0 Å². The Morgan fingerprint density at radius 2 is 1.93 bits per heavy atom. The molecule has 0 saturated carbocycles. The molecule has 27 heavy (non-hydrogen) atoms. The van der Waals surface area contributed by atoms with Crippen LogP contribution < -0.4 is 0 Å². The van der Waals surface area contributed by atoms with Gasteiger partial charge in [0.05, 0.1) is 11.9 Å². The SMILES string of the molecule is O=C(CCCC1CCN(S(=O)(=O)CCc2ccccc2)CC1)c1ncco1. The molecule has 1 aliphatic heterocycles. The minimum atomic E-state index is -3.21. The van der Waals surface area contributed by atoms with E-state index in [9.17, 15) is 13.2 Å². The van der Waals surface area contributed by atoms with Gasteiger partial charge in [-0.3, -0.25) is 4.79 Å². The Balaban J connectivity index is 1.38. The number of hydrogen-bond acceptors (Lipinski definition) is 5. The Kier molecular flexibility index (Phi) is 6.79. The Morgan fingerprint density at radius 3 is 2.59 bits per heavy atom. The fourth-order valence-corrected chi connectivity index (χ4v) is 5.04. The summed E-state index contributed by atoms with van der Waals surface area (Å²) in [6.07, 6.45) is 7.29. The normalized spacial score (nSPS) is 16.4. The van der Waals surface area contributed by atoms with E-state index in [4.69, 9.17) is 4.42 Å². The van der Waals surface area contributed by atoms with E-state index < -0.39 is 10.0 Å². The molecule has 0 unspecified atom stereocenters. The van der Waals surface area contributed by atoms with Gasteiger partial charge in [0.25, 0.3) is 5.89 Å². The van der Waals surface area contributed by atoms with Crippen LogP contribution in [-0.4, -0.2) is 42.3 Å². The Morgan fingerprint density at radius 1 is 1.19 bits per heavy atom. The lowest BCUT2D eigenvalue weighted by Gasteiger charge is -2.31. The lowest BCUT2D eigenvalue weighted by Crippen LogP contribution is -2.40. The van der Waals surface area contributed by atoms with Crippen LogP contribution in [0, 0.1) is 5.92 Å². The molecule has 0 atom stereocenters. The number of piperidine rings is 1. The van der Waals surface area contributed by atoms with Crippen molar-refractivity contribution in [2.24, 2.45) is 5.92 Å². The van der Waals surface area contributed by atoms with Crippen molar-refractivity contribution in [3.05, 3.63) is 54.2 Å². The number of nitrogens with zero attached hydrogens (tertiary/aromatic N) is 2. The van der Waals surface area contributed by atoms with Gasteiger partial charge < -0.3 is 4.42 Å². The largest absolute Gasteiger partial charge is 0.442 e. The molecule has 3 rings (SSSR count). The number of aryl methyl sites for hydroxylation is 1. The van der Waals surface area contributed by atoms with Crippen molar-refractivity contribution >= 4 is 15.8 Å². The molecule has 2 aromatic rings. The molecule has 0 spiro atoms. The number of Topliss-reactive ketones (excluding diaryl/α,β-unsaturated/α-hetero) is 1. The molecule has 1 aromatic carbocycles. The number of aromatic nitrogens is 1. The molecule has 7 heteroatoms. The first kappa shape index (κ1) is 19.8. The summed E-state index contributed by atoms with van der Waals surface area (Å²) in [5.74, 6) is 0.741. The first-order valence-corrected chi connectivity index (χ1v) is 11.1. The van der Waals surface area contributed by atoms with Gasteiger partial charge in [-0.15, -0.1) is 0 Å². The molecule has 146 valence electrons. The topological polar surface area (TPSA) is 80.5 Å². The van der Waals surface area contributed by atoms with Gasteiger partial charge in [0, 0.05) is 19.5 Å². The fourth-order valence-electron chi connectivity index (χ4n) is 3.52. The van der Waals surface area contributed by atoms with E-state index in [1.807, 2.05) is 30.3 Å². The maximum absolute atomic E-state index is 12.6. The summed E-state index contributed by atoms with van der Waals surface area (Å²) in [5.41, 5.74) is 1.05. The van der Waals surface area contributed by atoms with Crippen molar-refractivity contribution in [1.82, 2.24) is 9.29 Å². The maximum Gasteiger partial charge on any atom is 0.263 e. The van der Waals surface area contributed by atoms with Crippen LogP contribution in [0.1, 0.15) is 48.4 Å². The van der Waals surface area contributed by atoms with Gasteiger partial charge in [-0.1, -0.05) is 30.3 Å². The number of sulfonamides is 1. The number of ketones is 1. The molecular formula is C20H26N2O4S. The second-order valence-corrected chi connectivity index (χ2v) is 9.14. The zero-order valence-electron chi connectivity index (χ0n) is 15.4. The second-order valence-electron chi connectivity index (χ2n) is 7.05. The number of oxazole rings is 1. The van der Waals surface area contributed by atoms with Crippen molar-refractivity contribution in [2.75, 3.05) is 18.8 Å². The van der Waals surface area contributed by atoms with Crippen LogP contribution in [0.25, 0.3) is 0 Å². The molecule has 6 nitrogen and oxygen atoms in total. The summed E-state index contributed by atoms with van der Waals surface area (Å²) in [6, 6.07) is 9.71. The third-order valence-electron chi connectivity index (χ3n) is 5.15. The van der Waals surface area contributed by atoms with Gasteiger partial charge in [-0.05, 0) is 43.6 Å². The fraction of sp³-hybridized carbons (Fsp3) is 0.500. The predicted molar refractivity (Wildman–Crippen MR) is 103 cm³/mol. The minimum absolute atomic E-state index is 0.0686. The predicted octanol–water partition coefficient (Wildman–Crippen LogP) is 3.31. The van der Waals surface area contributed by atoms with Gasteiger partial charge in [0.1, 0.15) is 6.26 Å². The Hall–Kier alpha value is -1.99. The third kappa shape index (κ3) is 5.74. The van der Waals surface area contributed by atoms with E-state index in [-0.39, 0.29) is 17.4 Å². The highest BCUT2D eigenvalue weighted by atomic mass is 32.2. The molecule has 1 fully saturated rings. The molecule has 2 heterocycles. The zero-order valence-corrected chi connectivity index (χ0v) is 16.2. The monoisotopic (exact) mass is 390 g/mol. The number of rotatable bonds is 9. The standard InChI is InChI=1S/C20H26N2O4S/c23-19(20-21-12-15-26-20)8-4-7-18-9-13-22(14-10-18)27(24,25)16-11-17-5-2-1-3-6-17/h1-3,5-6,12,15,18H,4,7-11,13-14,16H2. The minimum Gasteiger partial charge on any atom is -0.442 e. The summed E-state index contributed by atoms with van der Waals surface area (Å²) in [6.45, 7) is 1.16. The van der Waals surface area contributed by atoms with Crippen molar-refractivity contribution in [1.29, 1.82) is 0 Å². The first-order valence-electron chi connectivity index (χ1n) is 9.49. The van der Waals surface area contributed by atoms with Crippen molar-refractivity contribution in [3.8, 4) is 0 Å². The summed E-state index contributed by atoms with van der Waals surface area (Å²) in [7, 11) is -3.21. The van der Waals surface area contributed by atoms with E-state index in [2.05, 4.69) is 4.98 Å². The van der Waals surface area contributed by atoms with Crippen LogP contribution in [0.3, 0.4) is 0 Å². The van der Waals surface area contributed by atoms with Crippen LogP contribution >= 0.6 is 0 Å². The van der Waals surface area contributed by atoms with Crippen molar-refractivity contribution in [2.45, 2.75) is 38.5 Å². The van der Waals surface area contributed by atoms with E-state index in [1.54, 1.807) is 4.31 Å². The molecule has 1 aliphatic rings. The van der Waals surface area contributed by atoms with E-state index >= 15 is 0 Å². The highest BCUT2D eigenvalue weighted by molar-refractivity contribution is 7.89. The summed E-state index contributed by atoms with van der Waals surface area (Å²) in [4.78, 5) is 15.7. The lowest BCUT2D eigenvalue weighted by atomic mass is 9.92. The highest BCUT2D eigenvalue weighted by Crippen LogP contribution is 2.25. The molecule has 1 saturated heterocycles. The van der Waals surface area contributed by atoms with Crippen molar-refractivity contribution < 1.29 is 17.6 Å². The van der Waals surface area contributed by atoms with Crippen LogP contribution in [-0.2, 0) is 16.4 Å². The number of carbonyl (C=O) groups excluding carboxylic acids is 1. The first-order chi connectivity index (χ1) is 13.0. The average molecular weight is 391 g/mol. The molecular weight excluding hydrogens is 364 g/mol. The quantitative estimate of drug-likeness (QED) is 0.614. The smallest absolute Gasteiger partial charge is 0.263 e. The van der Waals surface area contributed by atoms with Crippen LogP contribution in [0.2, 0.25) is 0 Å². The van der Waals surface area contributed by atoms with Gasteiger partial charge in [-0.25, -0.2) is 17.7 Å². The maximum atomic E-state index is 12.6. The van der Waals surface area contributed by atoms with E-state index in [0.717, 1.165) is 31.2 Å². The Labute approximate surface area is 160 Å². The zero-order chi connectivity index (χ0) is 19.1. The van der Waals surface area contributed by atoms with Crippen LogP contribution in [0.15, 0.2) is 47.2 Å². The second kappa shape index (κ2) is 9.28. The molecule has 0 aliphatic carbocycles. The lowest BCUT2D eigenvalue weighted by molar-refractivity contribution is 0.0942. The van der Waals surface area contributed by atoms with Gasteiger partial charge in [0.2, 0.25) is 15.8 Å². The van der Waals surface area contributed by atoms with Crippen LogP contribution in [0.4, 0.5) is 0 Å². The molecule has 0 radical (unpaired) electrons. The average Bonchev–Trinajstić information content (AvgIpc) is 3.23. The molecule has 1 aromatic heterocycles. The Bertz CT molecular complexity index is 811. The third-order valence-corrected chi connectivity index (χ3v) is 7.02. The van der Waals surface area contributed by atoms with E-state index in [1.165, 1.54) is 12.5 Å². The number of carbonyl (C=O) groups is 1. The molecule has 0 bridgehead atoms. The van der Waals surface area contributed by atoms with Gasteiger partial charge >= 0.3 is 0 Å². The van der Waals surface area contributed by atoms with Crippen molar-refractivity contribution in [3.63, 3.8) is 0 Å². The molecule has 0 N–H and O–H groups in total. The van der Waals surface area contributed by atoms with Gasteiger partial charge in [0.15, 0.2) is 0 Å². The highest BCUT2D eigenvalue weighted by Gasteiger charge is 2.27. The summed E-state index contributed by atoms with van der Waals surface area (Å²) < 4.78 is 31.8. The molecule has 0 amide bonds. The van der Waals surface area contributed by atoms with Gasteiger partial charge in [-0.2, -0.15) is 0 Å². The summed E-state index contributed by atoms with van der Waals surface area (Å²) >= 11 is 0. The summed E-state index contributed by atoms with van der Waals surface area (Å²) in [5, 5.41) is 0.